The average molecular weight is 242 g/mol. The monoisotopic (exact) mass is 242 g/mol. The Morgan fingerprint density at radius 3 is 2.35 bits per heavy atom. The van der Waals surface area contributed by atoms with Gasteiger partial charge in [0.1, 0.15) is 0 Å². The zero-order chi connectivity index (χ0) is 12.1. The minimum Gasteiger partial charge on any atom is -0.376 e. The lowest BCUT2D eigenvalue weighted by Crippen LogP contribution is -2.19. The van der Waals surface area contributed by atoms with Crippen LogP contribution in [0.5, 0.6) is 0 Å². The fourth-order valence-electron chi connectivity index (χ4n) is 1.74. The molecule has 0 heterocycles. The van der Waals surface area contributed by atoms with Crippen molar-refractivity contribution in [1.82, 2.24) is 0 Å². The molecule has 2 aromatic carbocycles. The van der Waals surface area contributed by atoms with Crippen LogP contribution in [0.2, 0.25) is 0 Å². The minimum absolute atomic E-state index is 0.297. The summed E-state index contributed by atoms with van der Waals surface area (Å²) in [5.41, 5.74) is 8.94. The Bertz CT molecular complexity index is 509. The van der Waals surface area contributed by atoms with Crippen molar-refractivity contribution in [2.75, 3.05) is 5.32 Å². The summed E-state index contributed by atoms with van der Waals surface area (Å²) in [7, 11) is 0. The van der Waals surface area contributed by atoms with Gasteiger partial charge < -0.3 is 11.1 Å². The fourth-order valence-corrected chi connectivity index (χ4v) is 1.85. The van der Waals surface area contributed by atoms with Gasteiger partial charge in [-0.2, -0.15) is 0 Å². The molecule has 2 rings (SSSR count). The molecule has 3 N–H and O–H groups in total. The van der Waals surface area contributed by atoms with E-state index < -0.39 is 0 Å². The molecule has 0 bridgehead atoms. The van der Waals surface area contributed by atoms with Gasteiger partial charge >= 0.3 is 0 Å². The highest BCUT2D eigenvalue weighted by Crippen LogP contribution is 2.18. The molecule has 2 nitrogen and oxygen atoms in total. The largest absolute Gasteiger partial charge is 0.376 e. The van der Waals surface area contributed by atoms with Gasteiger partial charge in [0.05, 0.1) is 0 Å². The first-order chi connectivity index (χ1) is 8.25. The van der Waals surface area contributed by atoms with Gasteiger partial charge in [0.25, 0.3) is 0 Å². The van der Waals surface area contributed by atoms with E-state index in [1.807, 2.05) is 36.4 Å². The number of thiocarbonyl (C=S) groups is 1. The van der Waals surface area contributed by atoms with Crippen molar-refractivity contribution in [1.29, 1.82) is 0 Å². The van der Waals surface area contributed by atoms with Crippen LogP contribution in [0.3, 0.4) is 0 Å². The molecule has 3 heteroatoms. The first-order valence-electron chi connectivity index (χ1n) is 5.44. The third-order valence-electron chi connectivity index (χ3n) is 2.51. The zero-order valence-corrected chi connectivity index (χ0v) is 10.2. The van der Waals surface area contributed by atoms with E-state index in [0.29, 0.717) is 5.11 Å². The summed E-state index contributed by atoms with van der Waals surface area (Å²) < 4.78 is 0. The van der Waals surface area contributed by atoms with Gasteiger partial charge in [-0.25, -0.2) is 0 Å². The number of hydrogen-bond donors (Lipinski definition) is 2. The Labute approximate surface area is 106 Å². The van der Waals surface area contributed by atoms with E-state index in [4.69, 9.17) is 18.0 Å². The second kappa shape index (κ2) is 5.46. The lowest BCUT2D eigenvalue weighted by atomic mass is 10.0. The fraction of sp³-hybridized carbons (Fsp3) is 0.0714. The number of rotatable bonds is 3. The second-order valence-electron chi connectivity index (χ2n) is 3.81. The standard InChI is InChI=1S/C14H14N2S/c15-14(17)16-13-9-5-4-8-12(13)10-11-6-2-1-3-7-11/h1-9H,10H2,(H3,15,16,17). The molecule has 0 aliphatic rings. The van der Waals surface area contributed by atoms with E-state index in [0.717, 1.165) is 12.1 Å². The summed E-state index contributed by atoms with van der Waals surface area (Å²) in [6, 6.07) is 18.4. The third-order valence-corrected chi connectivity index (χ3v) is 2.61. The van der Waals surface area contributed by atoms with E-state index in [1.54, 1.807) is 0 Å². The maximum Gasteiger partial charge on any atom is 0.168 e. The van der Waals surface area contributed by atoms with Crippen LogP contribution in [0.1, 0.15) is 11.1 Å². The van der Waals surface area contributed by atoms with Gasteiger partial charge in [-0.05, 0) is 35.8 Å². The minimum atomic E-state index is 0.297. The Kier molecular flexibility index (Phi) is 3.73. The zero-order valence-electron chi connectivity index (χ0n) is 9.39. The number of para-hydroxylation sites is 1. The smallest absolute Gasteiger partial charge is 0.168 e. The molecule has 0 amide bonds. The molecule has 0 saturated heterocycles. The van der Waals surface area contributed by atoms with Crippen molar-refractivity contribution in [3.8, 4) is 0 Å². The van der Waals surface area contributed by atoms with Crippen molar-refractivity contribution in [3.63, 3.8) is 0 Å². The maximum absolute atomic E-state index is 5.51. The predicted molar refractivity (Wildman–Crippen MR) is 76.1 cm³/mol. The topological polar surface area (TPSA) is 38.0 Å². The van der Waals surface area contributed by atoms with Gasteiger partial charge in [0, 0.05) is 5.69 Å². The highest BCUT2D eigenvalue weighted by Gasteiger charge is 2.02. The summed E-state index contributed by atoms with van der Waals surface area (Å²) >= 11 is 4.87. The van der Waals surface area contributed by atoms with E-state index in [9.17, 15) is 0 Å². The third kappa shape index (κ3) is 3.29. The molecule has 0 aromatic heterocycles. The normalized spacial score (nSPS) is 9.88. The number of benzene rings is 2. The van der Waals surface area contributed by atoms with Crippen LogP contribution >= 0.6 is 12.2 Å². The predicted octanol–water partition coefficient (Wildman–Crippen LogP) is 2.93. The average Bonchev–Trinajstić information content (AvgIpc) is 2.32. The highest BCUT2D eigenvalue weighted by molar-refractivity contribution is 7.80. The highest BCUT2D eigenvalue weighted by atomic mass is 32.1. The van der Waals surface area contributed by atoms with Crippen molar-refractivity contribution in [2.24, 2.45) is 5.73 Å². The Morgan fingerprint density at radius 1 is 1.00 bits per heavy atom. The van der Waals surface area contributed by atoms with Crippen LogP contribution in [0.4, 0.5) is 5.69 Å². The van der Waals surface area contributed by atoms with Crippen LogP contribution in [0, 0.1) is 0 Å². The molecule has 0 aliphatic carbocycles. The molecule has 0 atom stereocenters. The molecule has 0 aliphatic heterocycles. The number of nitrogens with two attached hydrogens (primary N) is 1. The summed E-state index contributed by atoms with van der Waals surface area (Å²) in [6.07, 6.45) is 0.868. The summed E-state index contributed by atoms with van der Waals surface area (Å²) in [4.78, 5) is 0. The Morgan fingerprint density at radius 2 is 1.65 bits per heavy atom. The van der Waals surface area contributed by atoms with Crippen LogP contribution in [-0.2, 0) is 6.42 Å². The van der Waals surface area contributed by atoms with E-state index in [-0.39, 0.29) is 0 Å². The van der Waals surface area contributed by atoms with Gasteiger partial charge in [0.2, 0.25) is 0 Å². The van der Waals surface area contributed by atoms with Crippen LogP contribution < -0.4 is 11.1 Å². The van der Waals surface area contributed by atoms with Gasteiger partial charge in [-0.1, -0.05) is 48.5 Å². The van der Waals surface area contributed by atoms with Crippen molar-refractivity contribution in [3.05, 3.63) is 65.7 Å². The number of anilines is 1. The molecular formula is C14H14N2S. The van der Waals surface area contributed by atoms with Gasteiger partial charge in [0.15, 0.2) is 5.11 Å². The van der Waals surface area contributed by atoms with Gasteiger partial charge in [-0.3, -0.25) is 0 Å². The number of hydrogen-bond acceptors (Lipinski definition) is 1. The van der Waals surface area contributed by atoms with Crippen molar-refractivity contribution >= 4 is 23.0 Å². The summed E-state index contributed by atoms with van der Waals surface area (Å²) in [5.74, 6) is 0. The second-order valence-corrected chi connectivity index (χ2v) is 4.25. The van der Waals surface area contributed by atoms with E-state index >= 15 is 0 Å². The Hall–Kier alpha value is -1.87. The first kappa shape index (κ1) is 11.6. The van der Waals surface area contributed by atoms with E-state index in [1.165, 1.54) is 11.1 Å². The molecular weight excluding hydrogens is 228 g/mol. The molecule has 0 spiro atoms. The number of nitrogens with one attached hydrogen (secondary N) is 1. The summed E-state index contributed by atoms with van der Waals surface area (Å²) in [6.45, 7) is 0. The van der Waals surface area contributed by atoms with Crippen LogP contribution in [0.25, 0.3) is 0 Å². The van der Waals surface area contributed by atoms with Crippen LogP contribution in [0.15, 0.2) is 54.6 Å². The molecule has 0 radical (unpaired) electrons. The molecule has 17 heavy (non-hydrogen) atoms. The van der Waals surface area contributed by atoms with Crippen molar-refractivity contribution < 1.29 is 0 Å². The summed E-state index contributed by atoms with van der Waals surface area (Å²) in [5, 5.41) is 3.30. The maximum atomic E-state index is 5.51. The first-order valence-corrected chi connectivity index (χ1v) is 5.85. The lowest BCUT2D eigenvalue weighted by molar-refractivity contribution is 1.19. The Balaban J connectivity index is 2.23. The van der Waals surface area contributed by atoms with Gasteiger partial charge in [-0.15, -0.1) is 0 Å². The van der Waals surface area contributed by atoms with Crippen molar-refractivity contribution in [2.45, 2.75) is 6.42 Å². The quantitative estimate of drug-likeness (QED) is 0.813. The molecule has 2 aromatic rings. The SMILES string of the molecule is NC(=S)Nc1ccccc1Cc1ccccc1. The molecule has 0 saturated carbocycles. The molecule has 0 fully saturated rings. The van der Waals surface area contributed by atoms with E-state index in [2.05, 4.69) is 23.5 Å². The molecule has 0 unspecified atom stereocenters. The lowest BCUT2D eigenvalue weighted by Gasteiger charge is -2.10. The molecule has 86 valence electrons. The van der Waals surface area contributed by atoms with Crippen LogP contribution in [-0.4, -0.2) is 5.11 Å².